The van der Waals surface area contributed by atoms with Crippen LogP contribution in [0.2, 0.25) is 0 Å². The Balaban J connectivity index is 1.40. The molecule has 0 heterocycles. The van der Waals surface area contributed by atoms with E-state index in [4.69, 9.17) is 0 Å². The van der Waals surface area contributed by atoms with Gasteiger partial charge in [0.25, 0.3) is 19.7 Å². The molecule has 0 aliphatic carbocycles. The standard InChI is InChI=1S/C41H54N2O4S2/c1-3-5-7-9-11-13-15-17-19-33-21-23-37-31-39(27-25-35(37)29-33)48(44,45)41(43-42)49(46,47)40-28-26-36-30-34(22-24-38(36)32-40)20-18-16-14-12-10-8-6-4-2/h21-32H,3-20H2,1-2H3. The maximum atomic E-state index is 13.6. The molecular weight excluding hydrogens is 649 g/mol. The molecule has 0 saturated carbocycles. The molecule has 0 amide bonds. The number of benzene rings is 4. The fourth-order valence-electron chi connectivity index (χ4n) is 6.57. The molecule has 0 atom stereocenters. The lowest BCUT2D eigenvalue weighted by Crippen LogP contribution is -2.26. The summed E-state index contributed by atoms with van der Waals surface area (Å²) in [7, 11) is -9.32. The summed E-state index contributed by atoms with van der Waals surface area (Å²) in [6.07, 6.45) is 22.0. The van der Waals surface area contributed by atoms with Crippen molar-refractivity contribution in [3.05, 3.63) is 89.5 Å². The van der Waals surface area contributed by atoms with Crippen molar-refractivity contribution in [3.63, 3.8) is 0 Å². The van der Waals surface area contributed by atoms with Crippen LogP contribution in [0.15, 0.2) is 82.6 Å². The zero-order chi connectivity index (χ0) is 35.1. The van der Waals surface area contributed by atoms with Gasteiger partial charge in [-0.25, -0.2) is 16.8 Å². The second kappa shape index (κ2) is 19.2. The molecule has 0 aliphatic heterocycles. The monoisotopic (exact) mass is 702 g/mol. The molecule has 8 heteroatoms. The van der Waals surface area contributed by atoms with Crippen molar-refractivity contribution < 1.29 is 21.6 Å². The molecule has 0 radical (unpaired) electrons. The maximum Gasteiger partial charge on any atom is 0.504 e. The average Bonchev–Trinajstić information content (AvgIpc) is 3.10. The summed E-state index contributed by atoms with van der Waals surface area (Å²) in [6, 6.07) is 20.9. The molecule has 0 fully saturated rings. The third-order valence-corrected chi connectivity index (χ3v) is 13.7. The highest BCUT2D eigenvalue weighted by Crippen LogP contribution is 2.28. The molecule has 0 unspecified atom stereocenters. The number of unbranched alkanes of at least 4 members (excludes halogenated alkanes) is 14. The van der Waals surface area contributed by atoms with Crippen molar-refractivity contribution in [2.24, 2.45) is 0 Å². The van der Waals surface area contributed by atoms with Gasteiger partial charge >= 0.3 is 4.38 Å². The highest BCUT2D eigenvalue weighted by Gasteiger charge is 2.44. The summed E-state index contributed by atoms with van der Waals surface area (Å²) in [5.74, 6) is 0. The summed E-state index contributed by atoms with van der Waals surface area (Å²) >= 11 is 0. The number of fused-ring (bicyclic) bond motifs is 2. The maximum absolute atomic E-state index is 13.6. The predicted octanol–water partition coefficient (Wildman–Crippen LogP) is 11.2. The van der Waals surface area contributed by atoms with Crippen LogP contribution in [0.4, 0.5) is 0 Å². The lowest BCUT2D eigenvalue weighted by atomic mass is 10.0. The van der Waals surface area contributed by atoms with Crippen molar-refractivity contribution in [2.45, 2.75) is 139 Å². The Hall–Kier alpha value is -3.32. The fourth-order valence-corrected chi connectivity index (χ4v) is 9.98. The van der Waals surface area contributed by atoms with E-state index in [0.717, 1.165) is 36.5 Å². The lowest BCUT2D eigenvalue weighted by Gasteiger charge is -2.08. The third kappa shape index (κ3) is 10.8. The summed E-state index contributed by atoms with van der Waals surface area (Å²) in [6.45, 7) is 4.46. The molecule has 0 aromatic heterocycles. The Bertz CT molecular complexity index is 1810. The predicted molar refractivity (Wildman–Crippen MR) is 204 cm³/mol. The minimum absolute atomic E-state index is 0.237. The van der Waals surface area contributed by atoms with E-state index in [1.807, 2.05) is 24.3 Å². The first-order valence-electron chi connectivity index (χ1n) is 18.5. The summed E-state index contributed by atoms with van der Waals surface area (Å²) in [4.78, 5) is 2.38. The SMILES string of the molecule is CCCCCCCCCCc1ccc2cc(S(=O)(=O)C(=[N+]=[N-])S(=O)(=O)c3ccc4cc(CCCCCCCCCC)ccc4c3)ccc2c1. The van der Waals surface area contributed by atoms with Gasteiger partial charge in [-0.1, -0.05) is 152 Å². The highest BCUT2D eigenvalue weighted by molar-refractivity contribution is 8.31. The Morgan fingerprint density at radius 1 is 0.469 bits per heavy atom. The number of hydrogen-bond donors (Lipinski definition) is 0. The highest BCUT2D eigenvalue weighted by atomic mass is 32.3. The first kappa shape index (κ1) is 38.5. The van der Waals surface area contributed by atoms with E-state index in [0.29, 0.717) is 10.8 Å². The molecule has 0 saturated heterocycles. The average molecular weight is 703 g/mol. The van der Waals surface area contributed by atoms with Crippen molar-refractivity contribution in [3.8, 4) is 0 Å². The van der Waals surface area contributed by atoms with E-state index in [2.05, 4.69) is 30.8 Å². The van der Waals surface area contributed by atoms with Crippen molar-refractivity contribution in [1.82, 2.24) is 0 Å². The number of sulfone groups is 2. The van der Waals surface area contributed by atoms with Crippen LogP contribution in [0.1, 0.15) is 128 Å². The van der Waals surface area contributed by atoms with E-state index >= 15 is 0 Å². The van der Waals surface area contributed by atoms with E-state index < -0.39 is 24.1 Å². The van der Waals surface area contributed by atoms with Gasteiger partial charge in [0, 0.05) is 0 Å². The van der Waals surface area contributed by atoms with Crippen LogP contribution in [0.3, 0.4) is 0 Å². The van der Waals surface area contributed by atoms with Crippen LogP contribution in [0.5, 0.6) is 0 Å². The zero-order valence-corrected chi connectivity index (χ0v) is 31.1. The van der Waals surface area contributed by atoms with Crippen LogP contribution in [-0.2, 0) is 32.5 Å². The number of nitrogens with zero attached hydrogens (tertiary/aromatic N) is 2. The third-order valence-electron chi connectivity index (χ3n) is 9.55. The van der Waals surface area contributed by atoms with Crippen LogP contribution < -0.4 is 0 Å². The number of hydrogen-bond acceptors (Lipinski definition) is 4. The van der Waals surface area contributed by atoms with Crippen molar-refractivity contribution in [1.29, 1.82) is 0 Å². The largest absolute Gasteiger partial charge is 0.504 e. The van der Waals surface area contributed by atoms with Gasteiger partial charge in [0.1, 0.15) is 0 Å². The molecule has 0 spiro atoms. The van der Waals surface area contributed by atoms with Gasteiger partial charge in [0.05, 0.1) is 9.79 Å². The van der Waals surface area contributed by atoms with Gasteiger partial charge < -0.3 is 5.53 Å². The molecule has 4 rings (SSSR count). The molecule has 264 valence electrons. The minimum Gasteiger partial charge on any atom is -0.359 e. The van der Waals surface area contributed by atoms with Crippen LogP contribution in [0.25, 0.3) is 27.1 Å². The Labute approximate surface area is 294 Å². The minimum atomic E-state index is -4.66. The van der Waals surface area contributed by atoms with Gasteiger partial charge in [0.15, 0.2) is 0 Å². The van der Waals surface area contributed by atoms with Crippen LogP contribution >= 0.6 is 0 Å². The fraction of sp³-hybridized carbons (Fsp3) is 0.488. The summed E-state index contributed by atoms with van der Waals surface area (Å²) < 4.78 is 53.2. The Kier molecular flexibility index (Phi) is 15.1. The molecule has 0 bridgehead atoms. The first-order chi connectivity index (χ1) is 23.7. The quantitative estimate of drug-likeness (QED) is 0.0300. The molecule has 4 aromatic rings. The van der Waals surface area contributed by atoms with Gasteiger partial charge in [-0.3, -0.25) is 0 Å². The van der Waals surface area contributed by atoms with E-state index in [9.17, 15) is 22.4 Å². The van der Waals surface area contributed by atoms with Crippen LogP contribution in [0, 0.1) is 0 Å². The second-order valence-electron chi connectivity index (χ2n) is 13.5. The topological polar surface area (TPSA) is 105 Å². The number of aryl methyl sites for hydroxylation is 2. The lowest BCUT2D eigenvalue weighted by molar-refractivity contribution is 0.00380. The second-order valence-corrected chi connectivity index (χ2v) is 17.5. The first-order valence-corrected chi connectivity index (χ1v) is 21.4. The molecule has 0 N–H and O–H groups in total. The van der Waals surface area contributed by atoms with Crippen LogP contribution in [-0.4, -0.2) is 26.0 Å². The molecule has 0 aliphatic rings. The zero-order valence-electron chi connectivity index (χ0n) is 29.5. The van der Waals surface area contributed by atoms with Gasteiger partial charge in [-0.15, -0.1) is 4.79 Å². The summed E-state index contributed by atoms with van der Waals surface area (Å²) in [5, 5.41) is 3.09. The Morgan fingerprint density at radius 3 is 1.16 bits per heavy atom. The molecular formula is C41H54N2O4S2. The smallest absolute Gasteiger partial charge is 0.359 e. The molecule has 4 aromatic carbocycles. The Morgan fingerprint density at radius 2 is 0.796 bits per heavy atom. The van der Waals surface area contributed by atoms with E-state index in [1.54, 1.807) is 12.1 Å². The van der Waals surface area contributed by atoms with Gasteiger partial charge in [-0.2, -0.15) is 0 Å². The number of rotatable bonds is 20. The normalized spacial score (nSPS) is 12.0. The van der Waals surface area contributed by atoms with Gasteiger partial charge in [-0.05, 0) is 82.6 Å². The van der Waals surface area contributed by atoms with E-state index in [-0.39, 0.29) is 9.79 Å². The van der Waals surface area contributed by atoms with Crippen molar-refractivity contribution >= 4 is 45.6 Å². The van der Waals surface area contributed by atoms with E-state index in [1.165, 1.54) is 125 Å². The summed E-state index contributed by atoms with van der Waals surface area (Å²) in [5.41, 5.74) is 12.2. The molecule has 49 heavy (non-hydrogen) atoms. The molecule has 6 nitrogen and oxygen atoms in total. The van der Waals surface area contributed by atoms with Gasteiger partial charge in [0.2, 0.25) is 0 Å². The van der Waals surface area contributed by atoms with Crippen molar-refractivity contribution in [2.75, 3.05) is 0 Å².